The number of amides is 1. The van der Waals surface area contributed by atoms with E-state index in [1.807, 2.05) is 17.0 Å². The van der Waals surface area contributed by atoms with Gasteiger partial charge in [-0.05, 0) is 25.1 Å². The Morgan fingerprint density at radius 1 is 1.38 bits per heavy atom. The molecule has 1 amide bonds. The van der Waals surface area contributed by atoms with Gasteiger partial charge in [0.15, 0.2) is 0 Å². The molecule has 0 saturated carbocycles. The molecule has 4 rings (SSSR count). The van der Waals surface area contributed by atoms with Crippen LogP contribution in [0, 0.1) is 0 Å². The normalized spacial score (nSPS) is 24.1. The predicted molar refractivity (Wildman–Crippen MR) is 99.2 cm³/mol. The Morgan fingerprint density at radius 3 is 2.88 bits per heavy atom. The summed E-state index contributed by atoms with van der Waals surface area (Å²) < 4.78 is 16.1. The number of ether oxygens (including phenoxy) is 3. The topological polar surface area (TPSA) is 72.1 Å². The number of nitrogens with zero attached hydrogens (tertiary/aromatic N) is 1. The van der Waals surface area contributed by atoms with E-state index in [1.165, 1.54) is 0 Å². The smallest absolute Gasteiger partial charge is 0.261 e. The van der Waals surface area contributed by atoms with Crippen molar-refractivity contribution in [2.75, 3.05) is 56.9 Å². The number of methoxy groups -OCH3 is 1. The molecule has 1 atom stereocenters. The lowest BCUT2D eigenvalue weighted by Crippen LogP contribution is -2.50. The molecule has 2 saturated heterocycles. The summed E-state index contributed by atoms with van der Waals surface area (Å²) in [6.45, 7) is 5.67. The number of carbonyl (C=O) groups excluding carboxylic acids is 1. The second-order valence-electron chi connectivity index (χ2n) is 6.93. The summed E-state index contributed by atoms with van der Waals surface area (Å²) in [5, 5.41) is 6.77. The van der Waals surface area contributed by atoms with E-state index in [1.54, 1.807) is 7.11 Å². The third-order valence-electron chi connectivity index (χ3n) is 4.91. The number of hydrogen-bond donors (Lipinski definition) is 2. The first kappa shape index (κ1) is 17.3. The number of fused-ring (bicyclic) bond motifs is 1. The maximum absolute atomic E-state index is 13.2. The fourth-order valence-electron chi connectivity index (χ4n) is 3.64. The molecule has 7 nitrogen and oxygen atoms in total. The van der Waals surface area contributed by atoms with Crippen molar-refractivity contribution in [3.05, 3.63) is 29.5 Å². The second-order valence-corrected chi connectivity index (χ2v) is 6.93. The fraction of sp³-hybridized carbons (Fsp3) is 0.526. The zero-order valence-electron chi connectivity index (χ0n) is 15.2. The summed E-state index contributed by atoms with van der Waals surface area (Å²) in [4.78, 5) is 15.1. The minimum atomic E-state index is 0.0309. The maximum atomic E-state index is 13.2. The van der Waals surface area contributed by atoms with Crippen LogP contribution in [0.3, 0.4) is 0 Å². The Bertz CT molecular complexity index is 721. The first-order chi connectivity index (χ1) is 12.7. The lowest BCUT2D eigenvalue weighted by molar-refractivity contribution is -0.115. The monoisotopic (exact) mass is 359 g/mol. The minimum absolute atomic E-state index is 0.0309. The van der Waals surface area contributed by atoms with Crippen LogP contribution in [0.5, 0.6) is 0 Å². The molecule has 1 unspecified atom stereocenters. The van der Waals surface area contributed by atoms with Gasteiger partial charge in [0.25, 0.3) is 5.91 Å². The van der Waals surface area contributed by atoms with Gasteiger partial charge in [0.1, 0.15) is 0 Å². The summed E-state index contributed by atoms with van der Waals surface area (Å²) in [7, 11) is 1.69. The molecule has 7 heteroatoms. The molecule has 0 bridgehead atoms. The highest BCUT2D eigenvalue weighted by atomic mass is 16.5. The average molecular weight is 359 g/mol. The van der Waals surface area contributed by atoms with Crippen molar-refractivity contribution in [1.29, 1.82) is 0 Å². The summed E-state index contributed by atoms with van der Waals surface area (Å²) in [5.41, 5.74) is 4.46. The van der Waals surface area contributed by atoms with E-state index in [4.69, 9.17) is 14.2 Å². The summed E-state index contributed by atoms with van der Waals surface area (Å²) in [6.07, 6.45) is 0. The van der Waals surface area contributed by atoms with Crippen molar-refractivity contribution in [2.24, 2.45) is 0 Å². The van der Waals surface area contributed by atoms with Gasteiger partial charge >= 0.3 is 0 Å². The molecule has 0 spiro atoms. The van der Waals surface area contributed by atoms with Gasteiger partial charge in [0.05, 0.1) is 56.0 Å². The Hall–Kier alpha value is -2.09. The number of carbonyl (C=O) groups is 1. The molecule has 1 aromatic rings. The highest BCUT2D eigenvalue weighted by molar-refractivity contribution is 6.33. The molecule has 0 aromatic heterocycles. The van der Waals surface area contributed by atoms with E-state index in [2.05, 4.69) is 23.6 Å². The van der Waals surface area contributed by atoms with Gasteiger partial charge in [-0.3, -0.25) is 9.69 Å². The zero-order valence-corrected chi connectivity index (χ0v) is 15.2. The van der Waals surface area contributed by atoms with Gasteiger partial charge in [-0.15, -0.1) is 0 Å². The standard InChI is InChI=1S/C19H25N3O4/c1-12(8-24-2)21-13-3-4-17-15(7-13)18(16-11-25-6-5-20-16)19(23)22(17)14-9-26-10-14/h3-4,7,12,14,20-21H,5-6,8-11H2,1-2H3/b18-16-. The highest BCUT2D eigenvalue weighted by Gasteiger charge is 2.41. The maximum Gasteiger partial charge on any atom is 0.261 e. The van der Waals surface area contributed by atoms with Crippen LogP contribution in [0.15, 0.2) is 23.9 Å². The van der Waals surface area contributed by atoms with Gasteiger partial charge < -0.3 is 24.8 Å². The number of nitrogens with one attached hydrogen (secondary N) is 2. The van der Waals surface area contributed by atoms with Crippen molar-refractivity contribution in [1.82, 2.24) is 5.32 Å². The van der Waals surface area contributed by atoms with E-state index < -0.39 is 0 Å². The van der Waals surface area contributed by atoms with E-state index in [0.717, 1.165) is 34.8 Å². The van der Waals surface area contributed by atoms with Crippen LogP contribution < -0.4 is 15.5 Å². The van der Waals surface area contributed by atoms with Crippen LogP contribution in [0.25, 0.3) is 5.57 Å². The molecule has 2 N–H and O–H groups in total. The lowest BCUT2D eigenvalue weighted by Gasteiger charge is -2.34. The SMILES string of the molecule is COCC(C)Nc1ccc2c(c1)/C(=C1\COCCN1)C(=O)N2C1COC1. The number of benzene rings is 1. The molecule has 3 heterocycles. The van der Waals surface area contributed by atoms with Crippen LogP contribution in [0.2, 0.25) is 0 Å². The summed E-state index contributed by atoms with van der Waals surface area (Å²) >= 11 is 0. The Morgan fingerprint density at radius 2 is 2.23 bits per heavy atom. The molecular formula is C19H25N3O4. The van der Waals surface area contributed by atoms with Crippen LogP contribution in [0.1, 0.15) is 12.5 Å². The van der Waals surface area contributed by atoms with Crippen LogP contribution in [0.4, 0.5) is 11.4 Å². The molecule has 0 radical (unpaired) electrons. The number of anilines is 2. The first-order valence-electron chi connectivity index (χ1n) is 9.05. The third-order valence-corrected chi connectivity index (χ3v) is 4.91. The molecule has 3 aliphatic heterocycles. The highest BCUT2D eigenvalue weighted by Crippen LogP contribution is 2.42. The van der Waals surface area contributed by atoms with E-state index in [-0.39, 0.29) is 18.0 Å². The van der Waals surface area contributed by atoms with Crippen LogP contribution in [-0.4, -0.2) is 64.7 Å². The van der Waals surface area contributed by atoms with E-state index in [0.29, 0.717) is 33.0 Å². The Kier molecular flexibility index (Phi) is 4.84. The van der Waals surface area contributed by atoms with Crippen molar-refractivity contribution in [3.63, 3.8) is 0 Å². The minimum Gasteiger partial charge on any atom is -0.383 e. The van der Waals surface area contributed by atoms with Gasteiger partial charge in [-0.2, -0.15) is 0 Å². The van der Waals surface area contributed by atoms with Crippen LogP contribution >= 0.6 is 0 Å². The van der Waals surface area contributed by atoms with Crippen molar-refractivity contribution in [3.8, 4) is 0 Å². The van der Waals surface area contributed by atoms with Crippen molar-refractivity contribution < 1.29 is 19.0 Å². The molecule has 2 fully saturated rings. The number of hydrogen-bond acceptors (Lipinski definition) is 6. The van der Waals surface area contributed by atoms with E-state index in [9.17, 15) is 4.79 Å². The number of morpholine rings is 1. The Labute approximate surface area is 153 Å². The molecule has 26 heavy (non-hydrogen) atoms. The second kappa shape index (κ2) is 7.26. The Balaban J connectivity index is 1.72. The molecule has 3 aliphatic rings. The molecule has 0 aliphatic carbocycles. The van der Waals surface area contributed by atoms with Gasteiger partial charge in [-0.25, -0.2) is 0 Å². The molecular weight excluding hydrogens is 334 g/mol. The molecule has 140 valence electrons. The zero-order chi connectivity index (χ0) is 18.1. The van der Waals surface area contributed by atoms with E-state index >= 15 is 0 Å². The van der Waals surface area contributed by atoms with Crippen molar-refractivity contribution >= 4 is 22.9 Å². The summed E-state index contributed by atoms with van der Waals surface area (Å²) in [6, 6.07) is 6.37. The third kappa shape index (κ3) is 3.06. The first-order valence-corrected chi connectivity index (χ1v) is 9.05. The average Bonchev–Trinajstić information content (AvgIpc) is 2.86. The predicted octanol–water partition coefficient (Wildman–Crippen LogP) is 1.21. The lowest BCUT2D eigenvalue weighted by atomic mass is 10.0. The van der Waals surface area contributed by atoms with Crippen molar-refractivity contribution in [2.45, 2.75) is 19.0 Å². The van der Waals surface area contributed by atoms with Gasteiger partial charge in [0.2, 0.25) is 0 Å². The van der Waals surface area contributed by atoms with Gasteiger partial charge in [0, 0.05) is 30.9 Å². The van der Waals surface area contributed by atoms with Gasteiger partial charge in [-0.1, -0.05) is 0 Å². The largest absolute Gasteiger partial charge is 0.383 e. The van der Waals surface area contributed by atoms with Crippen LogP contribution in [-0.2, 0) is 19.0 Å². The fourth-order valence-corrected chi connectivity index (χ4v) is 3.64. The molecule has 1 aromatic carbocycles. The summed E-state index contributed by atoms with van der Waals surface area (Å²) in [5.74, 6) is 0.0309. The number of rotatable bonds is 5. The quantitative estimate of drug-likeness (QED) is 0.770.